The van der Waals surface area contributed by atoms with Crippen LogP contribution in [0.4, 0.5) is 27.6 Å². The number of carbonyl (C=O) groups is 3. The predicted molar refractivity (Wildman–Crippen MR) is 146 cm³/mol. The molecule has 0 fully saturated rings. The number of carbonyl (C=O) groups excluding carboxylic acids is 3. The van der Waals surface area contributed by atoms with Gasteiger partial charge in [-0.1, -0.05) is 72.8 Å². The molecule has 4 rings (SSSR count). The second-order valence-corrected chi connectivity index (χ2v) is 10.00. The maximum Gasteiger partial charge on any atom is 0.455 e. The molecule has 43 heavy (non-hydrogen) atoms. The molecule has 1 heterocycles. The molecule has 13 heteroatoms. The van der Waals surface area contributed by atoms with Crippen molar-refractivity contribution in [2.24, 2.45) is 0 Å². The number of amides is 3. The summed E-state index contributed by atoms with van der Waals surface area (Å²) in [6.07, 6.45) is -5.96. The third-order valence-electron chi connectivity index (χ3n) is 6.89. The average molecular weight is 606 g/mol. The molecule has 0 saturated carbocycles. The van der Waals surface area contributed by atoms with E-state index in [0.717, 1.165) is 5.56 Å². The van der Waals surface area contributed by atoms with E-state index in [1.807, 2.05) is 30.3 Å². The van der Waals surface area contributed by atoms with E-state index in [2.05, 4.69) is 5.32 Å². The van der Waals surface area contributed by atoms with Gasteiger partial charge in [-0.25, -0.2) is 0 Å². The van der Waals surface area contributed by atoms with E-state index in [0.29, 0.717) is 29.3 Å². The molecule has 0 spiro atoms. The monoisotopic (exact) mass is 605 g/mol. The van der Waals surface area contributed by atoms with E-state index in [9.17, 15) is 41.4 Å². The third kappa shape index (κ3) is 6.83. The Labute approximate surface area is 243 Å². The van der Waals surface area contributed by atoms with Crippen LogP contribution in [-0.4, -0.2) is 60.2 Å². The summed E-state index contributed by atoms with van der Waals surface area (Å²) < 4.78 is 70.0. The number of para-hydroxylation sites is 1. The summed E-state index contributed by atoms with van der Waals surface area (Å²) in [5, 5.41) is 14.2. The zero-order valence-electron chi connectivity index (χ0n) is 22.8. The summed E-state index contributed by atoms with van der Waals surface area (Å²) >= 11 is 0. The van der Waals surface area contributed by atoms with Gasteiger partial charge in [0.15, 0.2) is 0 Å². The number of hydrogen-bond acceptors (Lipinski definition) is 5. The number of benzene rings is 3. The summed E-state index contributed by atoms with van der Waals surface area (Å²) in [7, 11) is 0. The summed E-state index contributed by atoms with van der Waals surface area (Å²) in [6.45, 7) is -1.15. The Morgan fingerprint density at radius 3 is 2.16 bits per heavy atom. The first-order valence-corrected chi connectivity index (χ1v) is 13.1. The van der Waals surface area contributed by atoms with Gasteiger partial charge in [0, 0.05) is 12.1 Å². The number of hydrogen-bond donors (Lipinski definition) is 3. The maximum atomic E-state index is 14.0. The molecule has 3 aromatic carbocycles. The van der Waals surface area contributed by atoms with E-state index in [1.165, 1.54) is 10.2 Å². The highest BCUT2D eigenvalue weighted by atomic mass is 19.4. The molecule has 3 aromatic rings. The van der Waals surface area contributed by atoms with Crippen LogP contribution in [0.2, 0.25) is 0 Å². The van der Waals surface area contributed by atoms with Crippen LogP contribution in [0.15, 0.2) is 78.9 Å². The number of nitrogens with zero attached hydrogens (tertiary/aromatic N) is 1. The Hall–Kier alpha value is -4.36. The average Bonchev–Trinajstić information content (AvgIpc) is 3.07. The number of aliphatic hydroxyl groups is 1. The lowest BCUT2D eigenvalue weighted by Crippen LogP contribution is -2.59. The van der Waals surface area contributed by atoms with Crippen LogP contribution >= 0.6 is 0 Å². The van der Waals surface area contributed by atoms with E-state index in [1.54, 1.807) is 48.5 Å². The lowest BCUT2D eigenvalue weighted by Gasteiger charge is -2.29. The first-order valence-electron chi connectivity index (χ1n) is 13.1. The normalized spacial score (nSPS) is 16.4. The first-order chi connectivity index (χ1) is 20.2. The summed E-state index contributed by atoms with van der Waals surface area (Å²) in [5.41, 5.74) is -0.195. The number of alkyl halides is 5. The van der Waals surface area contributed by atoms with Crippen LogP contribution in [0.3, 0.4) is 0 Å². The standard InChI is InChI=1S/C30H28F5N3O5/c1-28(42,26(40)36-18-29(31,32)30(33,34)35)27(41)37-24-22-13-6-5-11-20(22)21-12-7-8-14-23(21)38(25(24)39)15-16-43-17-19-9-3-2-4-10-19/h2-14,24,42H,15-18H2,1H3,(H,36,40)(H,37,41)/t24?,28-/m0/s1. The maximum absolute atomic E-state index is 14.0. The molecule has 0 aromatic heterocycles. The van der Waals surface area contributed by atoms with Crippen molar-refractivity contribution in [3.63, 3.8) is 0 Å². The molecule has 2 atom stereocenters. The molecule has 0 saturated heterocycles. The number of anilines is 1. The van der Waals surface area contributed by atoms with Crippen LogP contribution < -0.4 is 15.5 Å². The van der Waals surface area contributed by atoms with Gasteiger partial charge in [-0.15, -0.1) is 0 Å². The Kier molecular flexibility index (Phi) is 9.16. The molecular formula is C30H28F5N3O5. The van der Waals surface area contributed by atoms with Crippen LogP contribution in [0.5, 0.6) is 0 Å². The molecule has 1 aliphatic rings. The predicted octanol–water partition coefficient (Wildman–Crippen LogP) is 4.14. The Balaban J connectivity index is 1.58. The SMILES string of the molecule is C[C@](O)(C(=O)NCC(F)(F)C(F)(F)F)C(=O)NC1C(=O)N(CCOCc2ccccc2)c2ccccc2-c2ccccc21. The van der Waals surface area contributed by atoms with Crippen molar-refractivity contribution in [1.82, 2.24) is 10.6 Å². The summed E-state index contributed by atoms with van der Waals surface area (Å²) in [4.78, 5) is 40.9. The van der Waals surface area contributed by atoms with Gasteiger partial charge < -0.3 is 25.4 Å². The lowest BCUT2D eigenvalue weighted by atomic mass is 9.94. The van der Waals surface area contributed by atoms with Gasteiger partial charge in [-0.3, -0.25) is 14.4 Å². The van der Waals surface area contributed by atoms with E-state index < -0.39 is 48.0 Å². The number of ether oxygens (including phenoxy) is 1. The highest BCUT2D eigenvalue weighted by Crippen LogP contribution is 2.40. The van der Waals surface area contributed by atoms with Gasteiger partial charge in [0.05, 0.1) is 25.4 Å². The van der Waals surface area contributed by atoms with Crippen molar-refractivity contribution in [3.8, 4) is 11.1 Å². The summed E-state index contributed by atoms with van der Waals surface area (Å²) in [5.74, 6) is -9.26. The van der Waals surface area contributed by atoms with Crippen molar-refractivity contribution in [2.75, 3.05) is 24.6 Å². The Morgan fingerprint density at radius 2 is 1.49 bits per heavy atom. The van der Waals surface area contributed by atoms with Crippen molar-refractivity contribution in [2.45, 2.75) is 37.3 Å². The molecule has 3 amide bonds. The fourth-order valence-corrected chi connectivity index (χ4v) is 4.47. The Morgan fingerprint density at radius 1 is 0.884 bits per heavy atom. The van der Waals surface area contributed by atoms with Gasteiger partial charge >= 0.3 is 12.1 Å². The first kappa shape index (κ1) is 31.6. The third-order valence-corrected chi connectivity index (χ3v) is 6.89. The van der Waals surface area contributed by atoms with Crippen LogP contribution in [0, 0.1) is 0 Å². The van der Waals surface area contributed by atoms with Crippen LogP contribution in [-0.2, 0) is 25.7 Å². The number of nitrogens with one attached hydrogen (secondary N) is 2. The summed E-state index contributed by atoms with van der Waals surface area (Å²) in [6, 6.07) is 21.4. The Bertz CT molecular complexity index is 1480. The minimum Gasteiger partial charge on any atom is -0.375 e. The topological polar surface area (TPSA) is 108 Å². The second kappa shape index (κ2) is 12.5. The van der Waals surface area contributed by atoms with Crippen molar-refractivity contribution >= 4 is 23.4 Å². The zero-order chi connectivity index (χ0) is 31.4. The van der Waals surface area contributed by atoms with Crippen LogP contribution in [0.1, 0.15) is 24.1 Å². The van der Waals surface area contributed by atoms with E-state index in [4.69, 9.17) is 4.74 Å². The largest absolute Gasteiger partial charge is 0.455 e. The smallest absolute Gasteiger partial charge is 0.375 e. The lowest BCUT2D eigenvalue weighted by molar-refractivity contribution is -0.278. The molecule has 1 aliphatic heterocycles. The molecule has 228 valence electrons. The van der Waals surface area contributed by atoms with Gasteiger partial charge in [0.1, 0.15) is 6.04 Å². The van der Waals surface area contributed by atoms with E-state index in [-0.39, 0.29) is 19.8 Å². The number of fused-ring (bicyclic) bond motifs is 3. The highest BCUT2D eigenvalue weighted by Gasteiger charge is 2.58. The number of rotatable bonds is 10. The van der Waals surface area contributed by atoms with E-state index >= 15 is 0 Å². The highest BCUT2D eigenvalue weighted by molar-refractivity contribution is 6.11. The fourth-order valence-electron chi connectivity index (χ4n) is 4.47. The number of halogens is 5. The van der Waals surface area contributed by atoms with Gasteiger partial charge in [0.2, 0.25) is 5.60 Å². The molecular weight excluding hydrogens is 577 g/mol. The van der Waals surface area contributed by atoms with Crippen molar-refractivity contribution < 1.29 is 46.2 Å². The molecule has 8 nitrogen and oxygen atoms in total. The molecule has 0 bridgehead atoms. The van der Waals surface area contributed by atoms with Crippen molar-refractivity contribution in [3.05, 3.63) is 90.0 Å². The quantitative estimate of drug-likeness (QED) is 0.183. The second-order valence-electron chi connectivity index (χ2n) is 10.00. The van der Waals surface area contributed by atoms with Gasteiger partial charge in [0.25, 0.3) is 17.7 Å². The molecule has 0 radical (unpaired) electrons. The van der Waals surface area contributed by atoms with Crippen LogP contribution in [0.25, 0.3) is 11.1 Å². The van der Waals surface area contributed by atoms with Gasteiger partial charge in [-0.2, -0.15) is 22.0 Å². The van der Waals surface area contributed by atoms with Gasteiger partial charge in [-0.05, 0) is 29.7 Å². The molecule has 0 aliphatic carbocycles. The zero-order valence-corrected chi connectivity index (χ0v) is 22.8. The molecule has 3 N–H and O–H groups in total. The minimum absolute atomic E-state index is 0.0481. The molecule has 1 unspecified atom stereocenters. The van der Waals surface area contributed by atoms with Crippen molar-refractivity contribution in [1.29, 1.82) is 0 Å². The minimum atomic E-state index is -5.96. The fraction of sp³-hybridized carbons (Fsp3) is 0.300.